The molecule has 1 aliphatic heterocycles. The number of nitrogens with zero attached hydrogens (tertiary/aromatic N) is 1. The predicted octanol–water partition coefficient (Wildman–Crippen LogP) is 0.880. The molecule has 2 rings (SSSR count). The largest absolute Gasteiger partial charge is 0.481 e. The van der Waals surface area contributed by atoms with Crippen molar-refractivity contribution in [1.29, 1.82) is 0 Å². The first-order chi connectivity index (χ1) is 8.13. The molecule has 0 radical (unpaired) electrons. The minimum Gasteiger partial charge on any atom is -0.481 e. The van der Waals surface area contributed by atoms with Crippen LogP contribution >= 0.6 is 0 Å². The number of carboxylic acid groups (broad SMARTS) is 1. The van der Waals surface area contributed by atoms with Gasteiger partial charge in [-0.1, -0.05) is 24.3 Å². The normalized spacial score (nSPS) is 20.6. The van der Waals surface area contributed by atoms with Crippen LogP contribution in [0.25, 0.3) is 0 Å². The molecule has 4 heteroatoms. The Kier molecular flexibility index (Phi) is 3.76. The average molecular weight is 235 g/mol. The van der Waals surface area contributed by atoms with E-state index in [9.17, 15) is 9.90 Å². The van der Waals surface area contributed by atoms with E-state index < -0.39 is 5.97 Å². The molecular weight excluding hydrogens is 218 g/mol. The minimum atomic E-state index is -0.805. The van der Waals surface area contributed by atoms with Gasteiger partial charge in [0.25, 0.3) is 0 Å². The summed E-state index contributed by atoms with van der Waals surface area (Å²) < 4.78 is 0. The molecule has 0 saturated carbocycles. The van der Waals surface area contributed by atoms with E-state index in [4.69, 9.17) is 5.11 Å². The molecule has 0 amide bonds. The Balaban J connectivity index is 1.91. The van der Waals surface area contributed by atoms with Crippen LogP contribution in [0.2, 0.25) is 0 Å². The van der Waals surface area contributed by atoms with E-state index in [1.807, 2.05) is 24.3 Å². The molecule has 92 valence electrons. The molecule has 0 bridgehead atoms. The fourth-order valence-corrected chi connectivity index (χ4v) is 2.15. The van der Waals surface area contributed by atoms with Gasteiger partial charge in [0.15, 0.2) is 0 Å². The molecule has 1 fully saturated rings. The van der Waals surface area contributed by atoms with Crippen molar-refractivity contribution in [3.05, 3.63) is 35.4 Å². The van der Waals surface area contributed by atoms with Crippen molar-refractivity contribution in [3.8, 4) is 0 Å². The van der Waals surface area contributed by atoms with E-state index in [-0.39, 0.29) is 12.5 Å². The lowest BCUT2D eigenvalue weighted by molar-refractivity contribution is -0.136. The first-order valence-corrected chi connectivity index (χ1v) is 5.83. The van der Waals surface area contributed by atoms with Gasteiger partial charge in [-0.2, -0.15) is 0 Å². The number of aliphatic hydroxyl groups is 1. The highest BCUT2D eigenvalue weighted by Gasteiger charge is 2.19. The third-order valence-electron chi connectivity index (χ3n) is 3.03. The molecule has 1 aromatic rings. The summed E-state index contributed by atoms with van der Waals surface area (Å²) in [6.07, 6.45) is 0.723. The van der Waals surface area contributed by atoms with Crippen molar-refractivity contribution >= 4 is 5.97 Å². The number of carbonyl (C=O) groups is 1. The smallest absolute Gasteiger partial charge is 0.307 e. The van der Waals surface area contributed by atoms with Gasteiger partial charge in [0.2, 0.25) is 0 Å². The van der Waals surface area contributed by atoms with E-state index in [1.54, 1.807) is 0 Å². The SMILES string of the molecule is O=C(O)Cc1ccc(CN2CCC(O)C2)cc1. The molecule has 1 aliphatic rings. The number of rotatable bonds is 4. The Hall–Kier alpha value is -1.39. The molecule has 1 unspecified atom stereocenters. The van der Waals surface area contributed by atoms with Crippen LogP contribution in [0, 0.1) is 0 Å². The lowest BCUT2D eigenvalue weighted by atomic mass is 10.1. The van der Waals surface area contributed by atoms with Crippen LogP contribution in [0.15, 0.2) is 24.3 Å². The summed E-state index contributed by atoms with van der Waals surface area (Å²) in [4.78, 5) is 12.7. The van der Waals surface area contributed by atoms with Crippen LogP contribution < -0.4 is 0 Å². The topological polar surface area (TPSA) is 60.8 Å². The summed E-state index contributed by atoms with van der Waals surface area (Å²) in [5, 5.41) is 18.1. The summed E-state index contributed by atoms with van der Waals surface area (Å²) in [6, 6.07) is 7.64. The quantitative estimate of drug-likeness (QED) is 0.813. The highest BCUT2D eigenvalue weighted by molar-refractivity contribution is 5.70. The van der Waals surface area contributed by atoms with E-state index in [0.29, 0.717) is 0 Å². The lowest BCUT2D eigenvalue weighted by Gasteiger charge is -2.14. The van der Waals surface area contributed by atoms with E-state index in [2.05, 4.69) is 4.90 Å². The van der Waals surface area contributed by atoms with E-state index in [1.165, 1.54) is 0 Å². The Morgan fingerprint density at radius 2 is 1.94 bits per heavy atom. The third kappa shape index (κ3) is 3.54. The molecule has 2 N–H and O–H groups in total. The van der Waals surface area contributed by atoms with Crippen molar-refractivity contribution in [2.24, 2.45) is 0 Å². The molecule has 17 heavy (non-hydrogen) atoms. The zero-order chi connectivity index (χ0) is 12.3. The summed E-state index contributed by atoms with van der Waals surface area (Å²) in [5.74, 6) is -0.805. The van der Waals surface area contributed by atoms with Gasteiger partial charge in [-0.15, -0.1) is 0 Å². The number of aliphatic hydroxyl groups excluding tert-OH is 1. The highest BCUT2D eigenvalue weighted by atomic mass is 16.4. The molecular formula is C13H17NO3. The first kappa shape index (κ1) is 12.1. The Labute approximate surface area is 100 Å². The maximum Gasteiger partial charge on any atom is 0.307 e. The molecule has 0 aliphatic carbocycles. The summed E-state index contributed by atoms with van der Waals surface area (Å²) in [5.41, 5.74) is 1.98. The number of carboxylic acids is 1. The van der Waals surface area contributed by atoms with Crippen LogP contribution in [0.1, 0.15) is 17.5 Å². The second-order valence-electron chi connectivity index (χ2n) is 4.56. The average Bonchev–Trinajstić information content (AvgIpc) is 2.66. The fourth-order valence-electron chi connectivity index (χ4n) is 2.15. The number of hydrogen-bond donors (Lipinski definition) is 2. The fraction of sp³-hybridized carbons (Fsp3) is 0.462. The van der Waals surface area contributed by atoms with Crippen LogP contribution in [0.3, 0.4) is 0 Å². The maximum atomic E-state index is 10.5. The van der Waals surface area contributed by atoms with Crippen molar-refractivity contribution in [2.45, 2.75) is 25.5 Å². The molecule has 0 aromatic heterocycles. The van der Waals surface area contributed by atoms with Crippen LogP contribution in [0.5, 0.6) is 0 Å². The van der Waals surface area contributed by atoms with Gasteiger partial charge >= 0.3 is 5.97 Å². The molecule has 1 saturated heterocycles. The van der Waals surface area contributed by atoms with Gasteiger partial charge in [0.05, 0.1) is 12.5 Å². The number of β-amino-alcohol motifs (C(OH)–C–C–N with tert-alkyl or cyclic N) is 1. The lowest BCUT2D eigenvalue weighted by Crippen LogP contribution is -2.21. The van der Waals surface area contributed by atoms with Gasteiger partial charge in [-0.25, -0.2) is 0 Å². The van der Waals surface area contributed by atoms with Gasteiger partial charge in [-0.3, -0.25) is 9.69 Å². The maximum absolute atomic E-state index is 10.5. The van der Waals surface area contributed by atoms with E-state index >= 15 is 0 Å². The minimum absolute atomic E-state index is 0.0721. The Morgan fingerprint density at radius 1 is 1.29 bits per heavy atom. The van der Waals surface area contributed by atoms with E-state index in [0.717, 1.165) is 37.2 Å². The molecule has 0 spiro atoms. The first-order valence-electron chi connectivity index (χ1n) is 5.83. The van der Waals surface area contributed by atoms with Gasteiger partial charge in [0.1, 0.15) is 0 Å². The van der Waals surface area contributed by atoms with Crippen molar-refractivity contribution < 1.29 is 15.0 Å². The number of likely N-dealkylation sites (tertiary alicyclic amines) is 1. The second-order valence-corrected chi connectivity index (χ2v) is 4.56. The molecule has 1 atom stereocenters. The Morgan fingerprint density at radius 3 is 2.47 bits per heavy atom. The van der Waals surface area contributed by atoms with Crippen molar-refractivity contribution in [3.63, 3.8) is 0 Å². The number of benzene rings is 1. The summed E-state index contributed by atoms with van der Waals surface area (Å²) in [6.45, 7) is 2.49. The molecule has 1 aromatic carbocycles. The van der Waals surface area contributed by atoms with Crippen molar-refractivity contribution in [2.75, 3.05) is 13.1 Å². The molecule has 1 heterocycles. The summed E-state index contributed by atoms with van der Waals surface area (Å²) in [7, 11) is 0. The predicted molar refractivity (Wildman–Crippen MR) is 63.7 cm³/mol. The standard InChI is InChI=1S/C13H17NO3/c15-12-5-6-14(9-12)8-11-3-1-10(2-4-11)7-13(16)17/h1-4,12,15H,5-9H2,(H,16,17). The van der Waals surface area contributed by atoms with Crippen LogP contribution in [-0.2, 0) is 17.8 Å². The monoisotopic (exact) mass is 235 g/mol. The summed E-state index contributed by atoms with van der Waals surface area (Å²) >= 11 is 0. The Bertz CT molecular complexity index is 388. The number of hydrogen-bond acceptors (Lipinski definition) is 3. The zero-order valence-electron chi connectivity index (χ0n) is 9.67. The van der Waals surface area contributed by atoms with Gasteiger partial charge in [0, 0.05) is 19.6 Å². The van der Waals surface area contributed by atoms with Gasteiger partial charge < -0.3 is 10.2 Å². The number of aliphatic carboxylic acids is 1. The highest BCUT2D eigenvalue weighted by Crippen LogP contribution is 2.14. The van der Waals surface area contributed by atoms with Gasteiger partial charge in [-0.05, 0) is 17.5 Å². The van der Waals surface area contributed by atoms with Crippen molar-refractivity contribution in [1.82, 2.24) is 4.90 Å². The zero-order valence-corrected chi connectivity index (χ0v) is 9.67. The van der Waals surface area contributed by atoms with Crippen LogP contribution in [0.4, 0.5) is 0 Å². The third-order valence-corrected chi connectivity index (χ3v) is 3.03. The second kappa shape index (κ2) is 5.29. The molecule has 4 nitrogen and oxygen atoms in total. The van der Waals surface area contributed by atoms with Crippen LogP contribution in [-0.4, -0.2) is 40.3 Å².